The lowest BCUT2D eigenvalue weighted by molar-refractivity contribution is 0.217. The van der Waals surface area contributed by atoms with Crippen molar-refractivity contribution in [2.45, 2.75) is 38.9 Å². The molecule has 0 bridgehead atoms. The van der Waals surface area contributed by atoms with E-state index in [1.54, 1.807) is 14.1 Å². The van der Waals surface area contributed by atoms with Crippen molar-refractivity contribution in [3.8, 4) is 0 Å². The van der Waals surface area contributed by atoms with E-state index in [-0.39, 0.29) is 0 Å². The number of likely N-dealkylation sites (tertiary alicyclic amines) is 1. The molecule has 7 nitrogen and oxygen atoms in total. The Morgan fingerprint density at radius 2 is 1.82 bits per heavy atom. The molecule has 0 amide bonds. The molecular weight excluding hydrogens is 302 g/mol. The molecule has 1 aromatic rings. The van der Waals surface area contributed by atoms with Crippen LogP contribution in [0.5, 0.6) is 0 Å². The molecule has 8 heteroatoms. The molecule has 0 saturated carbocycles. The van der Waals surface area contributed by atoms with Gasteiger partial charge in [0.05, 0.1) is 17.9 Å². The van der Waals surface area contributed by atoms with Crippen LogP contribution in [0.2, 0.25) is 0 Å². The van der Waals surface area contributed by atoms with Crippen molar-refractivity contribution in [2.24, 2.45) is 7.05 Å². The summed E-state index contributed by atoms with van der Waals surface area (Å²) >= 11 is 0. The molecule has 1 saturated heterocycles. The molecule has 0 N–H and O–H groups in total. The maximum Gasteiger partial charge on any atom is 0.282 e. The summed E-state index contributed by atoms with van der Waals surface area (Å²) in [6.45, 7) is 3.92. The van der Waals surface area contributed by atoms with Gasteiger partial charge in [0.25, 0.3) is 10.2 Å². The van der Waals surface area contributed by atoms with E-state index in [9.17, 15) is 8.42 Å². The predicted octanol–water partition coefficient (Wildman–Crippen LogP) is 0.528. The van der Waals surface area contributed by atoms with E-state index in [2.05, 4.69) is 10.00 Å². The van der Waals surface area contributed by atoms with Gasteiger partial charge in [-0.25, -0.2) is 0 Å². The molecule has 0 atom stereocenters. The first-order valence-electron chi connectivity index (χ1n) is 7.83. The molecule has 124 valence electrons. The SMILES string of the molecule is CN(C)S(=O)(=O)N1Cc2c(CN3CCCCC3)nn(C)c2C1. The van der Waals surface area contributed by atoms with Gasteiger partial charge in [-0.3, -0.25) is 9.58 Å². The third-order valence-corrected chi connectivity index (χ3v) is 6.46. The van der Waals surface area contributed by atoms with Gasteiger partial charge in [0.2, 0.25) is 0 Å². The number of aryl methyl sites for hydroxylation is 1. The Hall–Kier alpha value is -0.960. The summed E-state index contributed by atoms with van der Waals surface area (Å²) in [7, 11) is 1.69. The number of fused-ring (bicyclic) bond motifs is 1. The van der Waals surface area contributed by atoms with Crippen LogP contribution < -0.4 is 0 Å². The van der Waals surface area contributed by atoms with Gasteiger partial charge in [0, 0.05) is 39.8 Å². The molecule has 3 heterocycles. The van der Waals surface area contributed by atoms with Gasteiger partial charge >= 0.3 is 0 Å². The maximum absolute atomic E-state index is 12.3. The second-order valence-electron chi connectivity index (χ2n) is 6.39. The van der Waals surface area contributed by atoms with Gasteiger partial charge in [-0.15, -0.1) is 0 Å². The first kappa shape index (κ1) is 15.9. The second kappa shape index (κ2) is 5.92. The monoisotopic (exact) mass is 327 g/mol. The van der Waals surface area contributed by atoms with Crippen molar-refractivity contribution in [3.05, 3.63) is 17.0 Å². The molecule has 0 spiro atoms. The Balaban J connectivity index is 1.80. The van der Waals surface area contributed by atoms with Gasteiger partial charge in [-0.1, -0.05) is 6.42 Å². The zero-order valence-electron chi connectivity index (χ0n) is 13.6. The fraction of sp³-hybridized carbons (Fsp3) is 0.786. The van der Waals surface area contributed by atoms with Crippen molar-refractivity contribution in [2.75, 3.05) is 27.2 Å². The second-order valence-corrected chi connectivity index (χ2v) is 8.53. The summed E-state index contributed by atoms with van der Waals surface area (Å²) < 4.78 is 29.3. The summed E-state index contributed by atoms with van der Waals surface area (Å²) in [4.78, 5) is 2.43. The summed E-state index contributed by atoms with van der Waals surface area (Å²) in [5, 5.41) is 4.63. The van der Waals surface area contributed by atoms with E-state index in [1.165, 1.54) is 27.9 Å². The van der Waals surface area contributed by atoms with Crippen LogP contribution in [0.1, 0.15) is 36.2 Å². The molecule has 2 aliphatic rings. The highest BCUT2D eigenvalue weighted by atomic mass is 32.2. The first-order chi connectivity index (χ1) is 10.4. The average Bonchev–Trinajstić information content (AvgIpc) is 3.03. The number of piperidine rings is 1. The van der Waals surface area contributed by atoms with Gasteiger partial charge in [-0.2, -0.15) is 22.1 Å². The van der Waals surface area contributed by atoms with E-state index >= 15 is 0 Å². The molecule has 3 rings (SSSR count). The highest BCUT2D eigenvalue weighted by Gasteiger charge is 2.35. The van der Waals surface area contributed by atoms with Gasteiger partial charge in [-0.05, 0) is 25.9 Å². The number of rotatable bonds is 4. The van der Waals surface area contributed by atoms with Crippen LogP contribution >= 0.6 is 0 Å². The van der Waals surface area contributed by atoms with Crippen molar-refractivity contribution in [3.63, 3.8) is 0 Å². The molecule has 22 heavy (non-hydrogen) atoms. The molecule has 0 aliphatic carbocycles. The van der Waals surface area contributed by atoms with Crippen molar-refractivity contribution in [1.82, 2.24) is 23.3 Å². The topological polar surface area (TPSA) is 61.7 Å². The number of hydrogen-bond acceptors (Lipinski definition) is 4. The molecule has 1 fully saturated rings. The minimum absolute atomic E-state index is 0.416. The molecule has 0 aromatic carbocycles. The van der Waals surface area contributed by atoms with Crippen LogP contribution in [0.15, 0.2) is 0 Å². The van der Waals surface area contributed by atoms with Crippen molar-refractivity contribution < 1.29 is 8.42 Å². The average molecular weight is 327 g/mol. The van der Waals surface area contributed by atoms with Crippen LogP contribution in [0.3, 0.4) is 0 Å². The number of hydrogen-bond donors (Lipinski definition) is 0. The van der Waals surface area contributed by atoms with E-state index in [4.69, 9.17) is 0 Å². The fourth-order valence-electron chi connectivity index (χ4n) is 3.29. The minimum atomic E-state index is -3.37. The van der Waals surface area contributed by atoms with Gasteiger partial charge in [0.1, 0.15) is 0 Å². The van der Waals surface area contributed by atoms with Crippen LogP contribution in [0.4, 0.5) is 0 Å². The van der Waals surface area contributed by atoms with Crippen molar-refractivity contribution in [1.29, 1.82) is 0 Å². The van der Waals surface area contributed by atoms with Crippen LogP contribution in [-0.2, 0) is 36.9 Å². The molecule has 1 aromatic heterocycles. The van der Waals surface area contributed by atoms with E-state index in [1.807, 2.05) is 11.7 Å². The molecule has 0 unspecified atom stereocenters. The molecular formula is C14H25N5O2S. The lowest BCUT2D eigenvalue weighted by atomic mass is 10.1. The predicted molar refractivity (Wildman–Crippen MR) is 84.2 cm³/mol. The Kier molecular flexibility index (Phi) is 4.28. The van der Waals surface area contributed by atoms with Crippen LogP contribution in [0, 0.1) is 0 Å². The van der Waals surface area contributed by atoms with Gasteiger partial charge < -0.3 is 0 Å². The summed E-state index contributed by atoms with van der Waals surface area (Å²) in [6.07, 6.45) is 3.80. The van der Waals surface area contributed by atoms with E-state index < -0.39 is 10.2 Å². The zero-order chi connectivity index (χ0) is 15.9. The third-order valence-electron chi connectivity index (χ3n) is 4.63. The summed E-state index contributed by atoms with van der Waals surface area (Å²) in [6, 6.07) is 0. The van der Waals surface area contributed by atoms with Gasteiger partial charge in [0.15, 0.2) is 0 Å². The number of aromatic nitrogens is 2. The molecule has 2 aliphatic heterocycles. The normalized spacial score (nSPS) is 20.7. The van der Waals surface area contributed by atoms with E-state index in [0.717, 1.165) is 36.6 Å². The van der Waals surface area contributed by atoms with E-state index in [0.29, 0.717) is 13.1 Å². The minimum Gasteiger partial charge on any atom is -0.297 e. The molecule has 0 radical (unpaired) electrons. The lowest BCUT2D eigenvalue weighted by Gasteiger charge is -2.26. The fourth-order valence-corrected chi connectivity index (χ4v) is 4.33. The largest absolute Gasteiger partial charge is 0.297 e. The highest BCUT2D eigenvalue weighted by molar-refractivity contribution is 7.86. The summed E-state index contributed by atoms with van der Waals surface area (Å²) in [5.74, 6) is 0. The smallest absolute Gasteiger partial charge is 0.282 e. The van der Waals surface area contributed by atoms with Crippen LogP contribution in [0.25, 0.3) is 0 Å². The number of nitrogens with zero attached hydrogens (tertiary/aromatic N) is 5. The zero-order valence-corrected chi connectivity index (χ0v) is 14.4. The standard InChI is InChI=1S/C14H25N5O2S/c1-16(2)22(20,21)19-9-12-13(15-17(3)14(12)11-19)10-18-7-5-4-6-8-18/h4-11H2,1-3H3. The van der Waals surface area contributed by atoms with Crippen LogP contribution in [-0.4, -0.2) is 58.9 Å². The Bertz CT molecular complexity index is 646. The lowest BCUT2D eigenvalue weighted by Crippen LogP contribution is -2.37. The Morgan fingerprint density at radius 3 is 2.45 bits per heavy atom. The quantitative estimate of drug-likeness (QED) is 0.809. The van der Waals surface area contributed by atoms with Crippen molar-refractivity contribution >= 4 is 10.2 Å². The first-order valence-corrected chi connectivity index (χ1v) is 9.23. The Labute approximate surface area is 132 Å². The highest BCUT2D eigenvalue weighted by Crippen LogP contribution is 2.29. The Morgan fingerprint density at radius 1 is 1.14 bits per heavy atom. The maximum atomic E-state index is 12.3. The summed E-state index contributed by atoms with van der Waals surface area (Å²) in [5.41, 5.74) is 3.16. The third kappa shape index (κ3) is 2.80.